The zero-order valence-electron chi connectivity index (χ0n) is 10.7. The summed E-state index contributed by atoms with van der Waals surface area (Å²) in [5.74, 6) is -0.0882. The van der Waals surface area contributed by atoms with Gasteiger partial charge in [0.15, 0.2) is 0 Å². The number of carbonyl (C=O) groups excluding carboxylic acids is 1. The number of hydrogen-bond acceptors (Lipinski definition) is 2. The Hall–Kier alpha value is -1.71. The average molecular weight is 307 g/mol. The summed E-state index contributed by atoms with van der Waals surface area (Å²) in [5.41, 5.74) is 2.46. The predicted molar refractivity (Wildman–Crippen MR) is 81.5 cm³/mol. The molecule has 2 aromatic rings. The van der Waals surface area contributed by atoms with Crippen molar-refractivity contribution in [3.63, 3.8) is 0 Å². The van der Waals surface area contributed by atoms with Crippen LogP contribution in [-0.4, -0.2) is 13.0 Å². The molecule has 1 N–H and O–H groups in total. The maximum atomic E-state index is 12.2. The minimum absolute atomic E-state index is 0.0882. The van der Waals surface area contributed by atoms with Crippen LogP contribution in [0.25, 0.3) is 0 Å². The molecule has 2 aromatic carbocycles. The first-order valence-electron chi connectivity index (χ1n) is 6.15. The van der Waals surface area contributed by atoms with Gasteiger partial charge in [0, 0.05) is 7.05 Å². The Kier molecular flexibility index (Phi) is 3.32. The van der Waals surface area contributed by atoms with Crippen molar-refractivity contribution in [1.29, 1.82) is 0 Å². The minimum Gasteiger partial charge on any atom is -0.350 e. The highest BCUT2D eigenvalue weighted by Crippen LogP contribution is 2.33. The highest BCUT2D eigenvalue weighted by atomic mass is 35.5. The van der Waals surface area contributed by atoms with Gasteiger partial charge >= 0.3 is 0 Å². The summed E-state index contributed by atoms with van der Waals surface area (Å²) in [5, 5.41) is 3.95. The Bertz CT molecular complexity index is 687. The molecule has 0 aromatic heterocycles. The third-order valence-electron chi connectivity index (χ3n) is 3.44. The standard InChI is InChI=1S/C15H12Cl2N2O/c1-19-13-5-3-2-4-10(13)15(20)18-14(19)9-6-7-11(16)12(17)8-9/h2-8,14H,1H3,(H,18,20). The van der Waals surface area contributed by atoms with Crippen molar-refractivity contribution in [2.75, 3.05) is 11.9 Å². The van der Waals surface area contributed by atoms with E-state index >= 15 is 0 Å². The first-order chi connectivity index (χ1) is 9.58. The number of halogens is 2. The molecular formula is C15H12Cl2N2O. The van der Waals surface area contributed by atoms with E-state index in [9.17, 15) is 4.79 Å². The smallest absolute Gasteiger partial charge is 0.255 e. The largest absolute Gasteiger partial charge is 0.350 e. The molecule has 3 rings (SSSR count). The minimum atomic E-state index is -0.257. The molecule has 3 nitrogen and oxygen atoms in total. The van der Waals surface area contributed by atoms with E-state index in [1.165, 1.54) is 0 Å². The molecule has 1 aliphatic rings. The van der Waals surface area contributed by atoms with Crippen LogP contribution in [0.15, 0.2) is 42.5 Å². The summed E-state index contributed by atoms with van der Waals surface area (Å²) >= 11 is 12.0. The molecular weight excluding hydrogens is 295 g/mol. The molecule has 1 amide bonds. The molecule has 1 heterocycles. The van der Waals surface area contributed by atoms with Crippen LogP contribution in [-0.2, 0) is 0 Å². The number of amides is 1. The second-order valence-electron chi connectivity index (χ2n) is 4.68. The van der Waals surface area contributed by atoms with Crippen LogP contribution in [0.1, 0.15) is 22.1 Å². The van der Waals surface area contributed by atoms with E-state index in [0.29, 0.717) is 15.6 Å². The van der Waals surface area contributed by atoms with Crippen molar-refractivity contribution in [3.8, 4) is 0 Å². The van der Waals surface area contributed by atoms with Gasteiger partial charge in [0.25, 0.3) is 5.91 Å². The van der Waals surface area contributed by atoms with Gasteiger partial charge in [-0.1, -0.05) is 41.4 Å². The summed E-state index contributed by atoms with van der Waals surface area (Å²) in [7, 11) is 1.94. The quantitative estimate of drug-likeness (QED) is 0.867. The first kappa shape index (κ1) is 13.3. The molecule has 102 valence electrons. The van der Waals surface area contributed by atoms with E-state index in [-0.39, 0.29) is 12.1 Å². The molecule has 0 saturated carbocycles. The summed E-state index contributed by atoms with van der Waals surface area (Å²) in [6, 6.07) is 12.9. The van der Waals surface area contributed by atoms with Crippen LogP contribution in [0.5, 0.6) is 0 Å². The lowest BCUT2D eigenvalue weighted by atomic mass is 10.0. The SMILES string of the molecule is CN1c2ccccc2C(=O)NC1c1ccc(Cl)c(Cl)c1. The molecule has 0 saturated heterocycles. The van der Waals surface area contributed by atoms with Crippen molar-refractivity contribution < 1.29 is 4.79 Å². The van der Waals surface area contributed by atoms with Gasteiger partial charge in [-0.05, 0) is 29.8 Å². The Labute approximate surface area is 127 Å². The van der Waals surface area contributed by atoms with Gasteiger partial charge in [0.1, 0.15) is 6.17 Å². The highest BCUT2D eigenvalue weighted by Gasteiger charge is 2.29. The van der Waals surface area contributed by atoms with Gasteiger partial charge < -0.3 is 10.2 Å². The summed E-state index contributed by atoms with van der Waals surface area (Å²) in [6.45, 7) is 0. The van der Waals surface area contributed by atoms with E-state index in [1.807, 2.05) is 42.3 Å². The Balaban J connectivity index is 2.04. The fourth-order valence-electron chi connectivity index (χ4n) is 2.40. The van der Waals surface area contributed by atoms with Crippen LogP contribution in [0.4, 0.5) is 5.69 Å². The topological polar surface area (TPSA) is 32.3 Å². The number of para-hydroxylation sites is 1. The maximum absolute atomic E-state index is 12.2. The number of nitrogens with one attached hydrogen (secondary N) is 1. The Morgan fingerprint density at radius 1 is 1.10 bits per heavy atom. The monoisotopic (exact) mass is 306 g/mol. The van der Waals surface area contributed by atoms with Gasteiger partial charge in [0.05, 0.1) is 21.3 Å². The summed E-state index contributed by atoms with van der Waals surface area (Å²) < 4.78 is 0. The molecule has 0 spiro atoms. The van der Waals surface area contributed by atoms with Gasteiger partial charge in [-0.3, -0.25) is 4.79 Å². The second kappa shape index (κ2) is 5.00. The number of benzene rings is 2. The molecule has 5 heteroatoms. The Morgan fingerprint density at radius 3 is 2.60 bits per heavy atom. The third kappa shape index (κ3) is 2.13. The lowest BCUT2D eigenvalue weighted by Crippen LogP contribution is -2.44. The van der Waals surface area contributed by atoms with Gasteiger partial charge in [-0.2, -0.15) is 0 Å². The maximum Gasteiger partial charge on any atom is 0.255 e. The zero-order chi connectivity index (χ0) is 14.3. The van der Waals surface area contributed by atoms with E-state index in [0.717, 1.165) is 11.3 Å². The number of anilines is 1. The summed E-state index contributed by atoms with van der Waals surface area (Å²) in [4.78, 5) is 14.2. The lowest BCUT2D eigenvalue weighted by molar-refractivity contribution is 0.0928. The number of carbonyl (C=O) groups is 1. The molecule has 0 aliphatic carbocycles. The van der Waals surface area contributed by atoms with Crippen LogP contribution in [0.2, 0.25) is 10.0 Å². The van der Waals surface area contributed by atoms with Crippen molar-refractivity contribution in [3.05, 3.63) is 63.6 Å². The number of rotatable bonds is 1. The average Bonchev–Trinajstić information content (AvgIpc) is 2.46. The lowest BCUT2D eigenvalue weighted by Gasteiger charge is -2.36. The molecule has 0 bridgehead atoms. The first-order valence-corrected chi connectivity index (χ1v) is 6.91. The number of hydrogen-bond donors (Lipinski definition) is 1. The number of fused-ring (bicyclic) bond motifs is 1. The van der Waals surface area contributed by atoms with E-state index in [2.05, 4.69) is 5.32 Å². The predicted octanol–water partition coefficient (Wildman–Crippen LogP) is 3.87. The zero-order valence-corrected chi connectivity index (χ0v) is 12.2. The van der Waals surface area contributed by atoms with Crippen molar-refractivity contribution in [1.82, 2.24) is 5.32 Å². The third-order valence-corrected chi connectivity index (χ3v) is 4.18. The fourth-order valence-corrected chi connectivity index (χ4v) is 2.71. The fraction of sp³-hybridized carbons (Fsp3) is 0.133. The molecule has 20 heavy (non-hydrogen) atoms. The Morgan fingerprint density at radius 2 is 1.85 bits per heavy atom. The van der Waals surface area contributed by atoms with Crippen LogP contribution >= 0.6 is 23.2 Å². The van der Waals surface area contributed by atoms with Gasteiger partial charge in [-0.25, -0.2) is 0 Å². The van der Waals surface area contributed by atoms with Gasteiger partial charge in [-0.15, -0.1) is 0 Å². The van der Waals surface area contributed by atoms with E-state index < -0.39 is 0 Å². The van der Waals surface area contributed by atoms with Crippen molar-refractivity contribution >= 4 is 34.8 Å². The van der Waals surface area contributed by atoms with Crippen molar-refractivity contribution in [2.24, 2.45) is 0 Å². The molecule has 1 atom stereocenters. The normalized spacial score (nSPS) is 17.6. The second-order valence-corrected chi connectivity index (χ2v) is 5.49. The molecule has 1 aliphatic heterocycles. The molecule has 1 unspecified atom stereocenters. The van der Waals surface area contributed by atoms with Gasteiger partial charge in [0.2, 0.25) is 0 Å². The van der Waals surface area contributed by atoms with Crippen LogP contribution in [0, 0.1) is 0 Å². The van der Waals surface area contributed by atoms with Crippen LogP contribution in [0.3, 0.4) is 0 Å². The van der Waals surface area contributed by atoms with Crippen LogP contribution < -0.4 is 10.2 Å². The highest BCUT2D eigenvalue weighted by molar-refractivity contribution is 6.42. The summed E-state index contributed by atoms with van der Waals surface area (Å²) in [6.07, 6.45) is -0.257. The van der Waals surface area contributed by atoms with E-state index in [4.69, 9.17) is 23.2 Å². The van der Waals surface area contributed by atoms with Crippen molar-refractivity contribution in [2.45, 2.75) is 6.17 Å². The number of nitrogens with zero attached hydrogens (tertiary/aromatic N) is 1. The van der Waals surface area contributed by atoms with E-state index in [1.54, 1.807) is 12.1 Å². The molecule has 0 radical (unpaired) electrons. The molecule has 0 fully saturated rings.